The molecule has 0 spiro atoms. The molecule has 2 heterocycles. The summed E-state index contributed by atoms with van der Waals surface area (Å²) in [5, 5.41) is 2.58. The number of rotatable bonds is 4. The third-order valence-electron chi connectivity index (χ3n) is 4.27. The Labute approximate surface area is 127 Å². The molecule has 2 saturated heterocycles. The molecule has 0 radical (unpaired) electrons. The number of nitrogens with zero attached hydrogens (tertiary/aromatic N) is 2. The Balaban J connectivity index is 1.79. The average Bonchev–Trinajstić information content (AvgIpc) is 2.60. The second-order valence-corrected chi connectivity index (χ2v) is 6.55. The van der Waals surface area contributed by atoms with Crippen molar-refractivity contribution in [3.8, 4) is 0 Å². The van der Waals surface area contributed by atoms with Gasteiger partial charge in [0.2, 0.25) is 0 Å². The summed E-state index contributed by atoms with van der Waals surface area (Å²) in [5.41, 5.74) is -0.899. The lowest BCUT2D eigenvalue weighted by Crippen LogP contribution is -2.43. The maximum absolute atomic E-state index is 12.7. The first-order chi connectivity index (χ1) is 10.1. The highest BCUT2D eigenvalue weighted by Gasteiger charge is 2.44. The fourth-order valence-electron chi connectivity index (χ4n) is 3.00. The predicted molar refractivity (Wildman–Crippen MR) is 74.2 cm³/mol. The van der Waals surface area contributed by atoms with Gasteiger partial charge >= 0.3 is 12.2 Å². The number of carbonyl (C=O) groups is 2. The second kappa shape index (κ2) is 6.06. The van der Waals surface area contributed by atoms with Crippen molar-refractivity contribution in [2.45, 2.75) is 44.8 Å². The van der Waals surface area contributed by atoms with Gasteiger partial charge < -0.3 is 10.2 Å². The lowest BCUT2D eigenvalue weighted by Gasteiger charge is -2.33. The van der Waals surface area contributed by atoms with E-state index in [1.54, 1.807) is 18.7 Å². The second-order valence-electron chi connectivity index (χ2n) is 6.55. The number of hydrogen-bond donors (Lipinski definition) is 1. The van der Waals surface area contributed by atoms with Gasteiger partial charge in [0.15, 0.2) is 0 Å². The summed E-state index contributed by atoms with van der Waals surface area (Å²) in [6.45, 7) is 4.61. The van der Waals surface area contributed by atoms with Crippen molar-refractivity contribution in [3.05, 3.63) is 0 Å². The van der Waals surface area contributed by atoms with E-state index in [1.807, 2.05) is 0 Å². The van der Waals surface area contributed by atoms with Crippen LogP contribution >= 0.6 is 0 Å². The summed E-state index contributed by atoms with van der Waals surface area (Å²) in [6.07, 6.45) is -2.95. The fourth-order valence-corrected chi connectivity index (χ4v) is 3.00. The fraction of sp³-hybridized carbons (Fsp3) is 0.857. The summed E-state index contributed by atoms with van der Waals surface area (Å²) in [4.78, 5) is 26.6. The van der Waals surface area contributed by atoms with Crippen LogP contribution in [-0.4, -0.2) is 59.6 Å². The Hall–Kier alpha value is -1.31. The van der Waals surface area contributed by atoms with Crippen LogP contribution < -0.4 is 5.32 Å². The molecule has 2 aliphatic heterocycles. The first-order valence-corrected chi connectivity index (χ1v) is 7.54. The lowest BCUT2D eigenvalue weighted by molar-refractivity contribution is -0.186. The number of urea groups is 1. The predicted octanol–water partition coefficient (Wildman–Crippen LogP) is 1.98. The normalized spacial score (nSPS) is 26.4. The number of alkyl halides is 3. The van der Waals surface area contributed by atoms with Crippen LogP contribution in [-0.2, 0) is 4.79 Å². The maximum Gasteiger partial charge on any atom is 0.393 e. The number of carbonyl (C=O) groups excluding carboxylic acids is 2. The van der Waals surface area contributed by atoms with Crippen molar-refractivity contribution in [1.29, 1.82) is 0 Å². The van der Waals surface area contributed by atoms with Gasteiger partial charge in [-0.2, -0.15) is 13.2 Å². The van der Waals surface area contributed by atoms with Crippen LogP contribution in [0.4, 0.5) is 18.0 Å². The van der Waals surface area contributed by atoms with Gasteiger partial charge in [-0.3, -0.25) is 9.69 Å². The van der Waals surface area contributed by atoms with Crippen LogP contribution in [0.25, 0.3) is 0 Å². The highest BCUT2D eigenvalue weighted by atomic mass is 19.4. The monoisotopic (exact) mass is 321 g/mol. The molecule has 2 fully saturated rings. The molecule has 2 rings (SSSR count). The molecule has 0 unspecified atom stereocenters. The van der Waals surface area contributed by atoms with Gasteiger partial charge in [-0.25, -0.2) is 4.79 Å². The molecular weight excluding hydrogens is 299 g/mol. The van der Waals surface area contributed by atoms with Gasteiger partial charge in [0.25, 0.3) is 5.91 Å². The van der Waals surface area contributed by atoms with Crippen molar-refractivity contribution in [3.63, 3.8) is 0 Å². The Morgan fingerprint density at radius 1 is 1.27 bits per heavy atom. The molecule has 3 amide bonds. The van der Waals surface area contributed by atoms with Crippen molar-refractivity contribution < 1.29 is 22.8 Å². The van der Waals surface area contributed by atoms with Gasteiger partial charge in [-0.05, 0) is 46.2 Å². The van der Waals surface area contributed by atoms with Gasteiger partial charge in [0.05, 0.1) is 5.92 Å². The number of piperidine rings is 1. The summed E-state index contributed by atoms with van der Waals surface area (Å²) in [6, 6.07) is -0.429. The van der Waals surface area contributed by atoms with E-state index in [1.165, 1.54) is 0 Å². The first kappa shape index (κ1) is 17.1. The van der Waals surface area contributed by atoms with E-state index in [2.05, 4.69) is 5.32 Å². The van der Waals surface area contributed by atoms with E-state index in [0.29, 0.717) is 25.9 Å². The smallest absolute Gasteiger partial charge is 0.324 e. The molecule has 0 saturated carbocycles. The van der Waals surface area contributed by atoms with Crippen LogP contribution in [0.15, 0.2) is 0 Å². The Bertz CT molecular complexity index is 451. The SMILES string of the molecule is CC1(C)NC(=O)N(CCCN2CCC[C@H](C(F)(F)F)C2)C1=O. The average molecular weight is 321 g/mol. The number of hydrogen-bond acceptors (Lipinski definition) is 3. The maximum atomic E-state index is 12.7. The number of likely N-dealkylation sites (tertiary alicyclic amines) is 1. The largest absolute Gasteiger partial charge is 0.393 e. The summed E-state index contributed by atoms with van der Waals surface area (Å²) in [5.74, 6) is -1.55. The number of amides is 3. The molecule has 1 N–H and O–H groups in total. The van der Waals surface area contributed by atoms with Crippen molar-refractivity contribution >= 4 is 11.9 Å². The molecule has 0 aromatic carbocycles. The molecule has 2 aliphatic rings. The number of imide groups is 1. The highest BCUT2D eigenvalue weighted by molar-refractivity contribution is 6.06. The van der Waals surface area contributed by atoms with Gasteiger partial charge in [0.1, 0.15) is 5.54 Å². The van der Waals surface area contributed by atoms with Crippen molar-refractivity contribution in [1.82, 2.24) is 15.1 Å². The van der Waals surface area contributed by atoms with Gasteiger partial charge in [-0.15, -0.1) is 0 Å². The molecule has 22 heavy (non-hydrogen) atoms. The third kappa shape index (κ3) is 3.71. The molecule has 0 aromatic heterocycles. The summed E-state index contributed by atoms with van der Waals surface area (Å²) in [7, 11) is 0. The third-order valence-corrected chi connectivity index (χ3v) is 4.27. The standard InChI is InChI=1S/C14H22F3N3O2/c1-13(2)11(21)20(12(22)18-13)8-4-7-19-6-3-5-10(9-19)14(15,16)17/h10H,3-9H2,1-2H3,(H,18,22)/t10-/m0/s1. The van der Waals surface area contributed by atoms with Crippen LogP contribution in [0.5, 0.6) is 0 Å². The molecule has 0 aromatic rings. The zero-order valence-electron chi connectivity index (χ0n) is 12.9. The Kier molecular flexibility index (Phi) is 4.70. The minimum absolute atomic E-state index is 0.00906. The van der Waals surface area contributed by atoms with Crippen LogP contribution in [0, 0.1) is 5.92 Å². The van der Waals surface area contributed by atoms with Gasteiger partial charge in [-0.1, -0.05) is 0 Å². The van der Waals surface area contributed by atoms with E-state index in [0.717, 1.165) is 4.90 Å². The quantitative estimate of drug-likeness (QED) is 0.806. The summed E-state index contributed by atoms with van der Waals surface area (Å²) < 4.78 is 38.2. The molecule has 0 bridgehead atoms. The molecule has 8 heteroatoms. The van der Waals surface area contributed by atoms with Crippen LogP contribution in [0.3, 0.4) is 0 Å². The van der Waals surface area contributed by atoms with E-state index < -0.39 is 23.7 Å². The zero-order chi connectivity index (χ0) is 16.5. The van der Waals surface area contributed by atoms with Crippen molar-refractivity contribution in [2.24, 2.45) is 5.92 Å². The van der Waals surface area contributed by atoms with E-state index in [4.69, 9.17) is 0 Å². The molecule has 5 nitrogen and oxygen atoms in total. The minimum Gasteiger partial charge on any atom is -0.324 e. The van der Waals surface area contributed by atoms with Crippen molar-refractivity contribution in [2.75, 3.05) is 26.2 Å². The van der Waals surface area contributed by atoms with E-state index >= 15 is 0 Å². The van der Waals surface area contributed by atoms with Crippen LogP contribution in [0.1, 0.15) is 33.1 Å². The Morgan fingerprint density at radius 3 is 2.50 bits per heavy atom. The Morgan fingerprint density at radius 2 is 1.95 bits per heavy atom. The molecular formula is C14H22F3N3O2. The minimum atomic E-state index is -4.15. The van der Waals surface area contributed by atoms with Gasteiger partial charge in [0, 0.05) is 13.1 Å². The van der Waals surface area contributed by atoms with Crippen LogP contribution in [0.2, 0.25) is 0 Å². The number of nitrogens with one attached hydrogen (secondary N) is 1. The van der Waals surface area contributed by atoms with E-state index in [9.17, 15) is 22.8 Å². The molecule has 126 valence electrons. The molecule has 0 aliphatic carbocycles. The topological polar surface area (TPSA) is 52.7 Å². The lowest BCUT2D eigenvalue weighted by atomic mass is 9.97. The first-order valence-electron chi connectivity index (χ1n) is 7.54. The van der Waals surface area contributed by atoms with E-state index in [-0.39, 0.29) is 25.4 Å². The zero-order valence-corrected chi connectivity index (χ0v) is 12.9. The number of halogens is 3. The molecule has 1 atom stereocenters. The highest BCUT2D eigenvalue weighted by Crippen LogP contribution is 2.33. The summed E-state index contributed by atoms with van der Waals surface area (Å²) >= 11 is 0.